The molecule has 5 heteroatoms. The Balaban J connectivity index is 0.00000208. The number of likely N-dealkylation sites (tertiary alicyclic amines) is 1. The summed E-state index contributed by atoms with van der Waals surface area (Å²) in [6.07, 6.45) is 13.4. The molecule has 0 radical (unpaired) electrons. The number of hydrogen-bond donors (Lipinski definition) is 1. The van der Waals surface area contributed by atoms with Gasteiger partial charge in [-0.1, -0.05) is 37.1 Å². The molecule has 136 valence electrons. The number of halogens is 1. The summed E-state index contributed by atoms with van der Waals surface area (Å²) in [5.74, 6) is -0.0612. The van der Waals surface area contributed by atoms with Crippen molar-refractivity contribution in [3.05, 3.63) is 24.3 Å². The second kappa shape index (κ2) is 7.71. The van der Waals surface area contributed by atoms with Gasteiger partial charge in [-0.2, -0.15) is 0 Å². The van der Waals surface area contributed by atoms with Gasteiger partial charge in [0.25, 0.3) is 0 Å². The van der Waals surface area contributed by atoms with Crippen LogP contribution in [0.1, 0.15) is 38.5 Å². The summed E-state index contributed by atoms with van der Waals surface area (Å²) < 4.78 is 6.59. The molecule has 0 aromatic carbocycles. The minimum atomic E-state index is -0.880. The van der Waals surface area contributed by atoms with Gasteiger partial charge in [-0.25, -0.2) is 0 Å². The largest absolute Gasteiger partial charge is 1.00 e. The average Bonchev–Trinajstić information content (AvgIpc) is 3.11. The van der Waals surface area contributed by atoms with E-state index in [0.29, 0.717) is 0 Å². The Bertz CT molecular complexity index is 511. The van der Waals surface area contributed by atoms with Crippen molar-refractivity contribution in [1.29, 1.82) is 0 Å². The lowest BCUT2D eigenvalue weighted by Crippen LogP contribution is -3.00. The van der Waals surface area contributed by atoms with Gasteiger partial charge in [-0.3, -0.25) is 4.79 Å². The highest BCUT2D eigenvalue weighted by atomic mass is 79.9. The quantitative estimate of drug-likeness (QED) is 0.508. The third-order valence-corrected chi connectivity index (χ3v) is 5.86. The fraction of sp³-hybridized carbons (Fsp3) is 0.737. The number of hydrogen-bond acceptors (Lipinski definition) is 3. The number of nitrogens with zero attached hydrogens (tertiary/aromatic N) is 1. The summed E-state index contributed by atoms with van der Waals surface area (Å²) in [5, 5.41) is 11.2. The van der Waals surface area contributed by atoms with Crippen LogP contribution in [0.15, 0.2) is 24.3 Å². The number of ether oxygens (including phenoxy) is 1. The first-order valence-electron chi connectivity index (χ1n) is 8.99. The molecule has 0 spiro atoms. The zero-order chi connectivity index (χ0) is 16.5. The Morgan fingerprint density at radius 1 is 1.25 bits per heavy atom. The minimum absolute atomic E-state index is 0. The van der Waals surface area contributed by atoms with E-state index in [2.05, 4.69) is 14.1 Å². The van der Waals surface area contributed by atoms with Crippen LogP contribution in [-0.2, 0) is 9.53 Å². The Morgan fingerprint density at radius 2 is 1.96 bits per heavy atom. The number of carbonyl (C=O) groups excluding carboxylic acids is 1. The van der Waals surface area contributed by atoms with Crippen molar-refractivity contribution in [2.24, 2.45) is 11.8 Å². The highest BCUT2D eigenvalue weighted by Crippen LogP contribution is 2.42. The van der Waals surface area contributed by atoms with E-state index < -0.39 is 5.60 Å². The van der Waals surface area contributed by atoms with Crippen LogP contribution in [0, 0.1) is 11.8 Å². The van der Waals surface area contributed by atoms with E-state index in [9.17, 15) is 9.90 Å². The van der Waals surface area contributed by atoms with Gasteiger partial charge in [-0.05, 0) is 18.8 Å². The first-order chi connectivity index (χ1) is 10.9. The van der Waals surface area contributed by atoms with Gasteiger partial charge >= 0.3 is 5.97 Å². The van der Waals surface area contributed by atoms with Crippen molar-refractivity contribution in [3.63, 3.8) is 0 Å². The highest BCUT2D eigenvalue weighted by molar-refractivity contribution is 5.70. The third kappa shape index (κ3) is 4.30. The smallest absolute Gasteiger partial charge is 0.307 e. The van der Waals surface area contributed by atoms with Gasteiger partial charge in [0.05, 0.1) is 32.7 Å². The SMILES string of the molecule is C[N+]1(C)CCC(OC(=O)CC2C=CC=CC2(O)C2CCCC2)C1.[Br-]. The maximum atomic E-state index is 12.4. The lowest BCUT2D eigenvalue weighted by Gasteiger charge is -2.38. The molecule has 1 aliphatic heterocycles. The van der Waals surface area contributed by atoms with Crippen LogP contribution in [0.3, 0.4) is 0 Å². The van der Waals surface area contributed by atoms with Crippen molar-refractivity contribution in [1.82, 2.24) is 0 Å². The molecule has 0 bridgehead atoms. The molecule has 0 aromatic heterocycles. The van der Waals surface area contributed by atoms with Gasteiger partial charge in [0.15, 0.2) is 6.10 Å². The predicted molar refractivity (Wildman–Crippen MR) is 89.6 cm³/mol. The first-order valence-corrected chi connectivity index (χ1v) is 8.99. The molecule has 0 amide bonds. The second-order valence-electron chi connectivity index (χ2n) is 8.17. The summed E-state index contributed by atoms with van der Waals surface area (Å²) in [4.78, 5) is 12.4. The number of quaternary nitrogens is 1. The zero-order valence-electron chi connectivity index (χ0n) is 14.8. The van der Waals surface area contributed by atoms with Crippen LogP contribution in [0.5, 0.6) is 0 Å². The van der Waals surface area contributed by atoms with Crippen LogP contribution in [0.4, 0.5) is 0 Å². The molecule has 0 aromatic rings. The summed E-state index contributed by atoms with van der Waals surface area (Å²) >= 11 is 0. The molecule has 1 saturated carbocycles. The Labute approximate surface area is 155 Å². The van der Waals surface area contributed by atoms with E-state index >= 15 is 0 Å². The van der Waals surface area contributed by atoms with E-state index in [1.165, 1.54) is 12.8 Å². The van der Waals surface area contributed by atoms with E-state index in [-0.39, 0.29) is 47.3 Å². The Morgan fingerprint density at radius 3 is 2.58 bits per heavy atom. The Kier molecular flexibility index (Phi) is 6.32. The monoisotopic (exact) mass is 399 g/mol. The number of rotatable bonds is 4. The molecule has 3 rings (SSSR count). The molecule has 24 heavy (non-hydrogen) atoms. The second-order valence-corrected chi connectivity index (χ2v) is 8.17. The summed E-state index contributed by atoms with van der Waals surface area (Å²) in [6, 6.07) is 0. The number of allylic oxidation sites excluding steroid dienone is 2. The standard InChI is InChI=1S/C19H30NO3.BrH/c1-20(2)12-10-17(14-20)23-18(21)13-16-9-5-6-11-19(16,22)15-7-3-4-8-15;/h5-6,9,11,15-17,22H,3-4,7-8,10,12-14H2,1-2H3;1H/q+1;/p-1. The highest BCUT2D eigenvalue weighted by Gasteiger charge is 2.44. The topological polar surface area (TPSA) is 46.5 Å². The summed E-state index contributed by atoms with van der Waals surface area (Å²) in [7, 11) is 4.34. The van der Waals surface area contributed by atoms with Crippen molar-refractivity contribution in [2.75, 3.05) is 27.2 Å². The van der Waals surface area contributed by atoms with E-state index in [0.717, 1.165) is 36.8 Å². The van der Waals surface area contributed by atoms with Crippen LogP contribution in [0.25, 0.3) is 0 Å². The van der Waals surface area contributed by atoms with Crippen molar-refractivity contribution >= 4 is 5.97 Å². The lowest BCUT2D eigenvalue weighted by atomic mass is 9.72. The number of aliphatic hydroxyl groups is 1. The van der Waals surface area contributed by atoms with E-state index in [1.807, 2.05) is 24.3 Å². The van der Waals surface area contributed by atoms with E-state index in [4.69, 9.17) is 4.74 Å². The molecular weight excluding hydrogens is 370 g/mol. The molecular formula is C19H30BrNO3. The Hall–Kier alpha value is -0.650. The van der Waals surface area contributed by atoms with Crippen molar-refractivity contribution in [2.45, 2.75) is 50.2 Å². The third-order valence-electron chi connectivity index (χ3n) is 5.86. The van der Waals surface area contributed by atoms with Gasteiger partial charge < -0.3 is 31.3 Å². The molecule has 1 heterocycles. The van der Waals surface area contributed by atoms with Crippen LogP contribution in [-0.4, -0.2) is 54.4 Å². The molecule has 3 unspecified atom stereocenters. The van der Waals surface area contributed by atoms with E-state index in [1.54, 1.807) is 0 Å². The number of esters is 1. The molecule has 2 aliphatic carbocycles. The van der Waals surface area contributed by atoms with Gasteiger partial charge in [0.2, 0.25) is 0 Å². The number of carbonyl (C=O) groups is 1. The van der Waals surface area contributed by atoms with Crippen LogP contribution < -0.4 is 17.0 Å². The predicted octanol–water partition coefficient (Wildman–Crippen LogP) is -0.564. The molecule has 3 atom stereocenters. The molecule has 1 N–H and O–H groups in total. The lowest BCUT2D eigenvalue weighted by molar-refractivity contribution is -0.879. The molecule has 4 nitrogen and oxygen atoms in total. The molecule has 1 saturated heterocycles. The van der Waals surface area contributed by atoms with Gasteiger partial charge in [0, 0.05) is 12.3 Å². The molecule has 2 fully saturated rings. The van der Waals surface area contributed by atoms with Gasteiger partial charge in [0.1, 0.15) is 6.54 Å². The fourth-order valence-corrected chi connectivity index (χ4v) is 4.48. The summed E-state index contributed by atoms with van der Waals surface area (Å²) in [6.45, 7) is 1.94. The maximum absolute atomic E-state index is 12.4. The van der Waals surface area contributed by atoms with Crippen LogP contribution in [0.2, 0.25) is 0 Å². The maximum Gasteiger partial charge on any atom is 0.307 e. The minimum Gasteiger partial charge on any atom is -1.00 e. The zero-order valence-corrected chi connectivity index (χ0v) is 16.4. The van der Waals surface area contributed by atoms with Gasteiger partial charge in [-0.15, -0.1) is 0 Å². The summed E-state index contributed by atoms with van der Waals surface area (Å²) in [5.41, 5.74) is -0.880. The molecule has 3 aliphatic rings. The average molecular weight is 400 g/mol. The van der Waals surface area contributed by atoms with Crippen molar-refractivity contribution in [3.8, 4) is 0 Å². The normalized spacial score (nSPS) is 35.0. The van der Waals surface area contributed by atoms with Crippen molar-refractivity contribution < 1.29 is 36.1 Å². The first kappa shape index (κ1) is 19.7. The fourth-order valence-electron chi connectivity index (χ4n) is 4.48. The number of likely N-dealkylation sites (N-methyl/N-ethyl adjacent to an activating group) is 1. The van der Waals surface area contributed by atoms with Crippen LogP contribution >= 0.6 is 0 Å².